The highest BCUT2D eigenvalue weighted by Crippen LogP contribution is 2.24. The van der Waals surface area contributed by atoms with E-state index in [1.54, 1.807) is 24.3 Å². The highest BCUT2D eigenvalue weighted by molar-refractivity contribution is 6.34. The lowest BCUT2D eigenvalue weighted by Crippen LogP contribution is -2.25. The summed E-state index contributed by atoms with van der Waals surface area (Å²) < 4.78 is 0. The molecule has 0 aliphatic carbocycles. The van der Waals surface area contributed by atoms with Gasteiger partial charge in [0.05, 0.1) is 26.8 Å². The molecule has 2 N–H and O–H groups in total. The second kappa shape index (κ2) is 12.1. The number of carbonyl (C=O) groups excluding carboxylic acids is 2. The van der Waals surface area contributed by atoms with Gasteiger partial charge in [-0.3, -0.25) is 24.6 Å². The molecule has 0 spiro atoms. The number of carbonyl (C=O) groups is 2. The van der Waals surface area contributed by atoms with Crippen LogP contribution < -0.4 is 10.6 Å². The minimum Gasteiger partial charge on any atom is -0.348 e. The molecule has 0 unspecified atom stereocenters. The number of amides is 2. The molecule has 0 saturated heterocycles. The van der Waals surface area contributed by atoms with E-state index >= 15 is 0 Å². The van der Waals surface area contributed by atoms with E-state index in [0.29, 0.717) is 12.2 Å². The first-order valence-electron chi connectivity index (χ1n) is 11.2. The number of nitro benzene ring substituents is 1. The zero-order chi connectivity index (χ0) is 25.4. The van der Waals surface area contributed by atoms with Gasteiger partial charge < -0.3 is 10.6 Å². The molecule has 0 atom stereocenters. The van der Waals surface area contributed by atoms with Crippen LogP contribution in [0.1, 0.15) is 45.7 Å². The normalized spacial score (nSPS) is 10.7. The molecule has 3 aromatic carbocycles. The molecule has 0 fully saturated rings. The van der Waals surface area contributed by atoms with E-state index in [2.05, 4.69) is 41.5 Å². The number of nitrogens with zero attached hydrogens (tertiary/aromatic N) is 2. The quantitative estimate of drug-likeness (QED) is 0.295. The molecule has 0 aliphatic heterocycles. The average Bonchev–Trinajstić information content (AvgIpc) is 2.86. The largest absolute Gasteiger partial charge is 0.348 e. The van der Waals surface area contributed by atoms with Gasteiger partial charge >= 0.3 is 0 Å². The number of para-hydroxylation sites is 1. The smallest absolute Gasteiger partial charge is 0.270 e. The van der Waals surface area contributed by atoms with E-state index < -0.39 is 10.8 Å². The first-order valence-corrected chi connectivity index (χ1v) is 11.6. The number of hydrogen-bond acceptors (Lipinski definition) is 5. The Kier molecular flexibility index (Phi) is 8.94. The molecule has 0 aromatic heterocycles. The van der Waals surface area contributed by atoms with Crippen molar-refractivity contribution in [1.29, 1.82) is 0 Å². The topological polar surface area (TPSA) is 105 Å². The minimum atomic E-state index is -0.591. The lowest BCUT2D eigenvalue weighted by molar-refractivity contribution is -0.384. The van der Waals surface area contributed by atoms with Crippen LogP contribution in [0, 0.1) is 10.1 Å². The van der Waals surface area contributed by atoms with Crippen LogP contribution in [0.2, 0.25) is 5.02 Å². The van der Waals surface area contributed by atoms with Crippen molar-refractivity contribution in [2.45, 2.75) is 26.9 Å². The summed E-state index contributed by atoms with van der Waals surface area (Å²) in [6.45, 7) is 7.45. The molecule has 0 bridgehead atoms. The fourth-order valence-electron chi connectivity index (χ4n) is 3.53. The lowest BCUT2D eigenvalue weighted by atomic mass is 10.1. The Morgan fingerprint density at radius 1 is 0.914 bits per heavy atom. The summed E-state index contributed by atoms with van der Waals surface area (Å²) in [5, 5.41) is 16.4. The first-order chi connectivity index (χ1) is 16.8. The highest BCUT2D eigenvalue weighted by atomic mass is 35.5. The average molecular weight is 495 g/mol. The summed E-state index contributed by atoms with van der Waals surface area (Å²) >= 11 is 6.06. The minimum absolute atomic E-state index is 0.0527. The van der Waals surface area contributed by atoms with Gasteiger partial charge in [-0.15, -0.1) is 0 Å². The Labute approximate surface area is 209 Å². The molecule has 0 saturated carbocycles. The Hall–Kier alpha value is -3.75. The van der Waals surface area contributed by atoms with Gasteiger partial charge in [-0.05, 0) is 42.4 Å². The molecule has 35 heavy (non-hydrogen) atoms. The van der Waals surface area contributed by atoms with Crippen LogP contribution >= 0.6 is 11.6 Å². The number of benzene rings is 3. The Bertz CT molecular complexity index is 1210. The van der Waals surface area contributed by atoms with Crippen molar-refractivity contribution in [3.05, 3.63) is 104 Å². The van der Waals surface area contributed by atoms with Gasteiger partial charge in [0.25, 0.3) is 17.5 Å². The number of rotatable bonds is 10. The fourth-order valence-corrected chi connectivity index (χ4v) is 3.79. The number of hydrogen-bond donors (Lipinski definition) is 2. The van der Waals surface area contributed by atoms with Gasteiger partial charge in [-0.2, -0.15) is 0 Å². The van der Waals surface area contributed by atoms with Crippen LogP contribution in [0.4, 0.5) is 11.4 Å². The summed E-state index contributed by atoms with van der Waals surface area (Å²) in [6, 6.07) is 18.3. The summed E-state index contributed by atoms with van der Waals surface area (Å²) in [6.07, 6.45) is 0. The standard InChI is InChI=1S/C26H27ClN4O4/c1-3-30(4-2)17-19-11-9-18(10-12-19)16-28-25(32)22-7-5-6-8-24(22)29-26(33)21-14-13-20(31(34)35)15-23(21)27/h5-15H,3-4,16-17H2,1-2H3,(H,28,32)(H,29,33). The maximum atomic E-state index is 12.9. The number of nitro groups is 1. The second-order valence-corrected chi connectivity index (χ2v) is 8.29. The lowest BCUT2D eigenvalue weighted by Gasteiger charge is -2.18. The third kappa shape index (κ3) is 6.88. The van der Waals surface area contributed by atoms with E-state index in [4.69, 9.17) is 11.6 Å². The molecular formula is C26H27ClN4O4. The Morgan fingerprint density at radius 2 is 1.57 bits per heavy atom. The predicted molar refractivity (Wildman–Crippen MR) is 137 cm³/mol. The highest BCUT2D eigenvalue weighted by Gasteiger charge is 2.18. The van der Waals surface area contributed by atoms with Gasteiger partial charge in [0, 0.05) is 25.2 Å². The van der Waals surface area contributed by atoms with Crippen LogP contribution in [0.25, 0.3) is 0 Å². The fraction of sp³-hybridized carbons (Fsp3) is 0.231. The molecule has 182 valence electrons. The van der Waals surface area contributed by atoms with Gasteiger partial charge in [0.2, 0.25) is 0 Å². The van der Waals surface area contributed by atoms with Crippen LogP contribution in [0.15, 0.2) is 66.7 Å². The zero-order valence-corrected chi connectivity index (χ0v) is 20.3. The number of nitrogens with one attached hydrogen (secondary N) is 2. The van der Waals surface area contributed by atoms with Gasteiger partial charge in [-0.1, -0.05) is 61.8 Å². The van der Waals surface area contributed by atoms with Crippen molar-refractivity contribution < 1.29 is 14.5 Å². The molecular weight excluding hydrogens is 468 g/mol. The summed E-state index contributed by atoms with van der Waals surface area (Å²) in [5.74, 6) is -0.920. The van der Waals surface area contributed by atoms with Crippen molar-refractivity contribution in [1.82, 2.24) is 10.2 Å². The number of non-ortho nitro benzene ring substituents is 1. The Morgan fingerprint density at radius 3 is 2.20 bits per heavy atom. The second-order valence-electron chi connectivity index (χ2n) is 7.88. The maximum absolute atomic E-state index is 12.9. The first kappa shape index (κ1) is 25.9. The molecule has 3 rings (SSSR count). The van der Waals surface area contributed by atoms with Crippen molar-refractivity contribution in [2.24, 2.45) is 0 Å². The van der Waals surface area contributed by atoms with E-state index in [9.17, 15) is 19.7 Å². The van der Waals surface area contributed by atoms with Crippen LogP contribution in [0.3, 0.4) is 0 Å². The van der Waals surface area contributed by atoms with Crippen molar-refractivity contribution in [3.63, 3.8) is 0 Å². The molecule has 0 aliphatic rings. The summed E-state index contributed by atoms with van der Waals surface area (Å²) in [4.78, 5) is 38.2. The van der Waals surface area contributed by atoms with Crippen molar-refractivity contribution in [3.8, 4) is 0 Å². The maximum Gasteiger partial charge on any atom is 0.270 e. The summed E-state index contributed by atoms with van der Waals surface area (Å²) in [5.41, 5.74) is 2.61. The molecule has 3 aromatic rings. The van der Waals surface area contributed by atoms with Gasteiger partial charge in [0.1, 0.15) is 0 Å². The zero-order valence-electron chi connectivity index (χ0n) is 19.6. The number of halogens is 1. The molecule has 2 amide bonds. The van der Waals surface area contributed by atoms with Gasteiger partial charge in [0.15, 0.2) is 0 Å². The van der Waals surface area contributed by atoms with Crippen LogP contribution in [-0.4, -0.2) is 34.7 Å². The SMILES string of the molecule is CCN(CC)Cc1ccc(CNC(=O)c2ccccc2NC(=O)c2ccc([N+](=O)[O-])cc2Cl)cc1. The van der Waals surface area contributed by atoms with E-state index in [0.717, 1.165) is 31.3 Å². The van der Waals surface area contributed by atoms with E-state index in [1.807, 2.05) is 12.1 Å². The monoisotopic (exact) mass is 494 g/mol. The molecule has 0 radical (unpaired) electrons. The third-order valence-electron chi connectivity index (χ3n) is 5.60. The molecule has 8 nitrogen and oxygen atoms in total. The van der Waals surface area contributed by atoms with Crippen molar-refractivity contribution >= 4 is 34.8 Å². The van der Waals surface area contributed by atoms with Crippen LogP contribution in [-0.2, 0) is 13.1 Å². The van der Waals surface area contributed by atoms with Crippen molar-refractivity contribution in [2.75, 3.05) is 18.4 Å². The predicted octanol–water partition coefficient (Wildman–Crippen LogP) is 5.27. The van der Waals surface area contributed by atoms with E-state index in [-0.39, 0.29) is 27.7 Å². The molecule has 0 heterocycles. The number of anilines is 1. The van der Waals surface area contributed by atoms with E-state index in [1.165, 1.54) is 17.7 Å². The third-order valence-corrected chi connectivity index (χ3v) is 5.92. The van der Waals surface area contributed by atoms with Gasteiger partial charge in [-0.25, -0.2) is 0 Å². The summed E-state index contributed by atoms with van der Waals surface area (Å²) in [7, 11) is 0. The molecule has 9 heteroatoms. The van der Waals surface area contributed by atoms with Crippen LogP contribution in [0.5, 0.6) is 0 Å². The Balaban J connectivity index is 1.66.